The summed E-state index contributed by atoms with van der Waals surface area (Å²) in [4.78, 5) is 0. The fourth-order valence-corrected chi connectivity index (χ4v) is 2.30. The van der Waals surface area contributed by atoms with Gasteiger partial charge in [-0.1, -0.05) is 18.2 Å². The van der Waals surface area contributed by atoms with E-state index in [-0.39, 0.29) is 11.9 Å². The van der Waals surface area contributed by atoms with Crippen LogP contribution >= 0.6 is 0 Å². The van der Waals surface area contributed by atoms with Crippen molar-refractivity contribution in [2.24, 2.45) is 5.73 Å². The van der Waals surface area contributed by atoms with Crippen LogP contribution in [0.15, 0.2) is 42.5 Å². The standard InChI is InChI=1S/C16H16FNO2/c17-13-4-2-12(3-5-13)14(18)9-11-1-6-15-16(10-11)20-8-7-19-15/h1-6,10,14H,7-9,18H2. The molecule has 3 rings (SSSR count). The Morgan fingerprint density at radius 3 is 2.45 bits per heavy atom. The first kappa shape index (κ1) is 12.9. The van der Waals surface area contributed by atoms with Gasteiger partial charge >= 0.3 is 0 Å². The van der Waals surface area contributed by atoms with Crippen LogP contribution < -0.4 is 15.2 Å². The predicted octanol–water partition coefficient (Wildman–Crippen LogP) is 2.84. The normalized spacial score (nSPS) is 14.9. The highest BCUT2D eigenvalue weighted by Crippen LogP contribution is 2.31. The van der Waals surface area contributed by atoms with Crippen molar-refractivity contribution in [3.63, 3.8) is 0 Å². The van der Waals surface area contributed by atoms with Crippen molar-refractivity contribution in [2.75, 3.05) is 13.2 Å². The SMILES string of the molecule is NC(Cc1ccc2c(c1)OCCO2)c1ccc(F)cc1. The van der Waals surface area contributed by atoms with Crippen LogP contribution in [0.25, 0.3) is 0 Å². The second kappa shape index (κ2) is 5.51. The monoisotopic (exact) mass is 273 g/mol. The Labute approximate surface area is 117 Å². The summed E-state index contributed by atoms with van der Waals surface area (Å²) in [5, 5.41) is 0. The van der Waals surface area contributed by atoms with Crippen LogP contribution in [0.1, 0.15) is 17.2 Å². The lowest BCUT2D eigenvalue weighted by Gasteiger charge is -2.19. The third-order valence-corrected chi connectivity index (χ3v) is 3.36. The van der Waals surface area contributed by atoms with Crippen LogP contribution in [0.4, 0.5) is 4.39 Å². The molecule has 20 heavy (non-hydrogen) atoms. The third kappa shape index (κ3) is 2.75. The maximum absolute atomic E-state index is 12.9. The van der Waals surface area contributed by atoms with Crippen molar-refractivity contribution >= 4 is 0 Å². The molecule has 0 amide bonds. The summed E-state index contributed by atoms with van der Waals surface area (Å²) in [5.74, 6) is 1.29. The van der Waals surface area contributed by atoms with Crippen LogP contribution in [0.3, 0.4) is 0 Å². The first-order valence-corrected chi connectivity index (χ1v) is 6.62. The summed E-state index contributed by atoms with van der Waals surface area (Å²) in [6, 6.07) is 12.0. The molecule has 4 heteroatoms. The predicted molar refractivity (Wildman–Crippen MR) is 74.5 cm³/mol. The molecule has 0 bridgehead atoms. The lowest BCUT2D eigenvalue weighted by Crippen LogP contribution is -2.16. The second-order valence-electron chi connectivity index (χ2n) is 4.84. The Hall–Kier alpha value is -2.07. The van der Waals surface area contributed by atoms with Gasteiger partial charge in [-0.15, -0.1) is 0 Å². The minimum absolute atomic E-state index is 0.168. The Balaban J connectivity index is 1.75. The van der Waals surface area contributed by atoms with Crippen LogP contribution in [-0.4, -0.2) is 13.2 Å². The zero-order valence-corrected chi connectivity index (χ0v) is 11.0. The Morgan fingerprint density at radius 2 is 1.70 bits per heavy atom. The van der Waals surface area contributed by atoms with Crippen molar-refractivity contribution < 1.29 is 13.9 Å². The molecule has 2 N–H and O–H groups in total. The Bertz CT molecular complexity index is 598. The van der Waals surface area contributed by atoms with Gasteiger partial charge in [0.15, 0.2) is 11.5 Å². The molecule has 3 nitrogen and oxygen atoms in total. The number of fused-ring (bicyclic) bond motifs is 1. The summed E-state index contributed by atoms with van der Waals surface area (Å²) in [6.45, 7) is 1.15. The van der Waals surface area contributed by atoms with E-state index in [2.05, 4.69) is 0 Å². The van der Waals surface area contributed by atoms with Gasteiger partial charge in [-0.2, -0.15) is 0 Å². The third-order valence-electron chi connectivity index (χ3n) is 3.36. The number of benzene rings is 2. The average Bonchev–Trinajstić information content (AvgIpc) is 2.48. The van der Waals surface area contributed by atoms with Gasteiger partial charge in [0, 0.05) is 6.04 Å². The number of rotatable bonds is 3. The molecule has 0 fully saturated rings. The Morgan fingerprint density at radius 1 is 1.00 bits per heavy atom. The zero-order valence-electron chi connectivity index (χ0n) is 11.0. The molecule has 0 aromatic heterocycles. The van der Waals surface area contributed by atoms with Crippen LogP contribution in [0.5, 0.6) is 11.5 Å². The average molecular weight is 273 g/mol. The van der Waals surface area contributed by atoms with Crippen molar-refractivity contribution in [1.82, 2.24) is 0 Å². The van der Waals surface area contributed by atoms with Crippen molar-refractivity contribution in [2.45, 2.75) is 12.5 Å². The molecule has 0 spiro atoms. The fraction of sp³-hybridized carbons (Fsp3) is 0.250. The minimum Gasteiger partial charge on any atom is -0.486 e. The molecule has 2 aromatic carbocycles. The Kier molecular flexibility index (Phi) is 3.56. The molecule has 104 valence electrons. The molecule has 1 heterocycles. The molecule has 0 saturated heterocycles. The molecule has 1 aliphatic heterocycles. The van der Waals surface area contributed by atoms with Crippen LogP contribution in [0.2, 0.25) is 0 Å². The number of halogens is 1. The molecule has 1 aliphatic rings. The van der Waals surface area contributed by atoms with E-state index >= 15 is 0 Å². The minimum atomic E-state index is -0.250. The van der Waals surface area contributed by atoms with Crippen molar-refractivity contribution in [3.8, 4) is 11.5 Å². The largest absolute Gasteiger partial charge is 0.486 e. The van der Waals surface area contributed by atoms with Gasteiger partial charge in [-0.25, -0.2) is 4.39 Å². The molecule has 0 radical (unpaired) electrons. The lowest BCUT2D eigenvalue weighted by atomic mass is 9.99. The molecule has 1 atom stereocenters. The topological polar surface area (TPSA) is 44.5 Å². The van der Waals surface area contributed by atoms with E-state index in [0.717, 1.165) is 22.6 Å². The molecule has 1 unspecified atom stereocenters. The number of nitrogens with two attached hydrogens (primary N) is 1. The van der Waals surface area contributed by atoms with Gasteiger partial charge in [-0.3, -0.25) is 0 Å². The van der Waals surface area contributed by atoms with Crippen molar-refractivity contribution in [1.29, 1.82) is 0 Å². The molecular weight excluding hydrogens is 257 g/mol. The summed E-state index contributed by atoms with van der Waals surface area (Å²) < 4.78 is 23.9. The van der Waals surface area contributed by atoms with Gasteiger partial charge in [0.1, 0.15) is 19.0 Å². The number of hydrogen-bond acceptors (Lipinski definition) is 3. The van der Waals surface area contributed by atoms with E-state index < -0.39 is 0 Å². The first-order valence-electron chi connectivity index (χ1n) is 6.62. The fourth-order valence-electron chi connectivity index (χ4n) is 2.30. The summed E-state index contributed by atoms with van der Waals surface area (Å²) in [5.41, 5.74) is 8.15. The highest BCUT2D eigenvalue weighted by Gasteiger charge is 2.13. The van der Waals surface area contributed by atoms with Crippen LogP contribution in [-0.2, 0) is 6.42 Å². The van der Waals surface area contributed by atoms with Gasteiger partial charge in [0.05, 0.1) is 0 Å². The lowest BCUT2D eigenvalue weighted by molar-refractivity contribution is 0.171. The highest BCUT2D eigenvalue weighted by molar-refractivity contribution is 5.44. The van der Waals surface area contributed by atoms with E-state index in [1.165, 1.54) is 12.1 Å². The molecule has 0 aliphatic carbocycles. The summed E-state index contributed by atoms with van der Waals surface area (Å²) >= 11 is 0. The van der Waals surface area contributed by atoms with Crippen LogP contribution in [0, 0.1) is 5.82 Å². The van der Waals surface area contributed by atoms with E-state index in [4.69, 9.17) is 15.2 Å². The van der Waals surface area contributed by atoms with Gasteiger partial charge in [0.25, 0.3) is 0 Å². The molecule has 2 aromatic rings. The first-order chi connectivity index (χ1) is 9.72. The second-order valence-corrected chi connectivity index (χ2v) is 4.84. The van der Waals surface area contributed by atoms with Gasteiger partial charge in [0.2, 0.25) is 0 Å². The zero-order chi connectivity index (χ0) is 13.9. The van der Waals surface area contributed by atoms with Crippen molar-refractivity contribution in [3.05, 3.63) is 59.4 Å². The van der Waals surface area contributed by atoms with Gasteiger partial charge in [-0.05, 0) is 41.8 Å². The summed E-state index contributed by atoms with van der Waals surface area (Å²) in [7, 11) is 0. The van der Waals surface area contributed by atoms with E-state index in [0.29, 0.717) is 19.6 Å². The number of hydrogen-bond donors (Lipinski definition) is 1. The maximum Gasteiger partial charge on any atom is 0.161 e. The molecule has 0 saturated carbocycles. The molecular formula is C16H16FNO2. The highest BCUT2D eigenvalue weighted by atomic mass is 19.1. The van der Waals surface area contributed by atoms with E-state index in [9.17, 15) is 4.39 Å². The number of ether oxygens (including phenoxy) is 2. The maximum atomic E-state index is 12.9. The van der Waals surface area contributed by atoms with E-state index in [1.54, 1.807) is 12.1 Å². The smallest absolute Gasteiger partial charge is 0.161 e. The van der Waals surface area contributed by atoms with E-state index in [1.807, 2.05) is 18.2 Å². The van der Waals surface area contributed by atoms with Gasteiger partial charge < -0.3 is 15.2 Å². The quantitative estimate of drug-likeness (QED) is 0.935. The summed E-state index contributed by atoms with van der Waals surface area (Å²) in [6.07, 6.45) is 0.669.